The van der Waals surface area contributed by atoms with E-state index in [2.05, 4.69) is 0 Å². The summed E-state index contributed by atoms with van der Waals surface area (Å²) in [5.41, 5.74) is 1.30. The molecule has 3 aromatic rings. The fraction of sp³-hybridized carbons (Fsp3) is 0.333. The molecule has 2 atom stereocenters. The predicted octanol–water partition coefficient (Wildman–Crippen LogP) is 4.36. The van der Waals surface area contributed by atoms with Gasteiger partial charge in [-0.2, -0.15) is 0 Å². The van der Waals surface area contributed by atoms with Crippen molar-refractivity contribution in [3.8, 4) is 17.4 Å². The van der Waals surface area contributed by atoms with E-state index in [0.29, 0.717) is 0 Å². The van der Waals surface area contributed by atoms with Crippen molar-refractivity contribution in [2.75, 3.05) is 0 Å². The monoisotopic (exact) mass is 327 g/mol. The van der Waals surface area contributed by atoms with Crippen LogP contribution >= 0.6 is 11.3 Å². The zero-order valence-electron chi connectivity index (χ0n) is 13.0. The van der Waals surface area contributed by atoms with E-state index in [1.807, 2.05) is 43.5 Å². The molecule has 2 bridgehead atoms. The van der Waals surface area contributed by atoms with Gasteiger partial charge in [-0.25, -0.2) is 4.57 Å². The standard InChI is InChI=1S/C18H17NO3S/c1-17-7-8-18(2,22-17)14-13(17)15(20)19(16(14)21)11-9-23-12-6-4-3-5-10(11)12/h3-6,9,20-21H,7-8H2,1-2H3/t17-,18+. The summed E-state index contributed by atoms with van der Waals surface area (Å²) in [6.45, 7) is 4.00. The van der Waals surface area contributed by atoms with Gasteiger partial charge in [0.25, 0.3) is 0 Å². The molecule has 2 aliphatic heterocycles. The summed E-state index contributed by atoms with van der Waals surface area (Å²) in [7, 11) is 0. The number of hydrogen-bond donors (Lipinski definition) is 2. The summed E-state index contributed by atoms with van der Waals surface area (Å²) in [5, 5.41) is 24.8. The van der Waals surface area contributed by atoms with Crippen molar-refractivity contribution in [2.45, 2.75) is 37.9 Å². The van der Waals surface area contributed by atoms with Crippen LogP contribution in [0, 0.1) is 0 Å². The number of aromatic nitrogens is 1. The van der Waals surface area contributed by atoms with E-state index < -0.39 is 11.2 Å². The first-order chi connectivity index (χ1) is 10.9. The van der Waals surface area contributed by atoms with E-state index in [-0.39, 0.29) is 11.8 Å². The Balaban J connectivity index is 1.85. The lowest BCUT2D eigenvalue weighted by atomic mass is 9.80. The molecule has 2 N–H and O–H groups in total. The number of thiophene rings is 1. The maximum atomic E-state index is 10.9. The van der Waals surface area contributed by atoms with Crippen molar-refractivity contribution in [1.82, 2.24) is 4.57 Å². The average Bonchev–Trinajstić information content (AvgIpc) is 3.19. The molecule has 4 heterocycles. The van der Waals surface area contributed by atoms with Crippen LogP contribution in [0.4, 0.5) is 0 Å². The Hall–Kier alpha value is -1.98. The van der Waals surface area contributed by atoms with Gasteiger partial charge in [0.15, 0.2) is 0 Å². The number of ether oxygens (including phenoxy) is 1. The lowest BCUT2D eigenvalue weighted by Crippen LogP contribution is -2.17. The van der Waals surface area contributed by atoms with Gasteiger partial charge in [-0.15, -0.1) is 11.3 Å². The third kappa shape index (κ3) is 1.45. The highest BCUT2D eigenvalue weighted by Gasteiger charge is 2.59. The normalized spacial score (nSPS) is 28.6. The lowest BCUT2D eigenvalue weighted by molar-refractivity contribution is -0.0683. The van der Waals surface area contributed by atoms with Crippen LogP contribution in [0.1, 0.15) is 37.8 Å². The van der Waals surface area contributed by atoms with Crippen LogP contribution in [-0.2, 0) is 15.9 Å². The van der Waals surface area contributed by atoms with Crippen molar-refractivity contribution in [1.29, 1.82) is 0 Å². The summed E-state index contributed by atoms with van der Waals surface area (Å²) in [5.74, 6) is 0.207. The highest BCUT2D eigenvalue weighted by molar-refractivity contribution is 7.17. The van der Waals surface area contributed by atoms with Crippen molar-refractivity contribution in [3.05, 3.63) is 40.8 Å². The second-order valence-electron chi connectivity index (χ2n) is 6.91. The second kappa shape index (κ2) is 3.91. The number of rotatable bonds is 1. The molecule has 4 nitrogen and oxygen atoms in total. The Bertz CT molecular complexity index is 933. The molecule has 0 saturated carbocycles. The molecule has 0 spiro atoms. The molecule has 0 amide bonds. The minimum atomic E-state index is -0.511. The lowest BCUT2D eigenvalue weighted by Gasteiger charge is -2.20. The van der Waals surface area contributed by atoms with E-state index in [1.54, 1.807) is 15.9 Å². The molecule has 2 aromatic heterocycles. The van der Waals surface area contributed by atoms with Crippen molar-refractivity contribution >= 4 is 21.4 Å². The Kier molecular flexibility index (Phi) is 2.29. The molecular formula is C18H17NO3S. The van der Waals surface area contributed by atoms with Crippen molar-refractivity contribution < 1.29 is 14.9 Å². The van der Waals surface area contributed by atoms with Crippen molar-refractivity contribution in [3.63, 3.8) is 0 Å². The number of fused-ring (bicyclic) bond motifs is 6. The minimum Gasteiger partial charge on any atom is -0.494 e. The van der Waals surface area contributed by atoms with E-state index in [9.17, 15) is 10.2 Å². The topological polar surface area (TPSA) is 54.6 Å². The highest BCUT2D eigenvalue weighted by atomic mass is 32.1. The molecule has 23 heavy (non-hydrogen) atoms. The minimum absolute atomic E-state index is 0.104. The summed E-state index contributed by atoms with van der Waals surface area (Å²) in [4.78, 5) is 0. The number of benzene rings is 1. The maximum Gasteiger partial charge on any atom is 0.205 e. The van der Waals surface area contributed by atoms with Gasteiger partial charge in [0, 0.05) is 15.5 Å². The van der Waals surface area contributed by atoms with E-state index >= 15 is 0 Å². The predicted molar refractivity (Wildman–Crippen MR) is 89.5 cm³/mol. The molecule has 0 aliphatic carbocycles. The summed E-state index contributed by atoms with van der Waals surface area (Å²) < 4.78 is 8.86. The highest BCUT2D eigenvalue weighted by Crippen LogP contribution is 2.64. The van der Waals surface area contributed by atoms with E-state index in [4.69, 9.17) is 4.74 Å². The van der Waals surface area contributed by atoms with Crippen molar-refractivity contribution in [2.24, 2.45) is 0 Å². The summed E-state index contributed by atoms with van der Waals surface area (Å²) >= 11 is 1.61. The molecule has 118 valence electrons. The molecule has 1 aromatic carbocycles. The molecule has 0 unspecified atom stereocenters. The molecule has 2 aliphatic rings. The fourth-order valence-electron chi connectivity index (χ4n) is 4.34. The third-order valence-corrected chi connectivity index (χ3v) is 6.36. The third-order valence-electron chi connectivity index (χ3n) is 5.41. The van der Waals surface area contributed by atoms with Crippen LogP contribution in [0.25, 0.3) is 15.8 Å². The maximum absolute atomic E-state index is 10.9. The fourth-order valence-corrected chi connectivity index (χ4v) is 5.27. The Morgan fingerprint density at radius 2 is 1.65 bits per heavy atom. The van der Waals surface area contributed by atoms with Gasteiger partial charge in [0.05, 0.1) is 28.0 Å². The Morgan fingerprint density at radius 1 is 1.04 bits per heavy atom. The van der Waals surface area contributed by atoms with Crippen LogP contribution in [0.3, 0.4) is 0 Å². The van der Waals surface area contributed by atoms with Crippen LogP contribution < -0.4 is 0 Å². The summed E-state index contributed by atoms with van der Waals surface area (Å²) in [6.07, 6.45) is 1.72. The molecule has 0 radical (unpaired) electrons. The molecule has 1 saturated heterocycles. The Labute approximate surface area is 137 Å². The van der Waals surface area contributed by atoms with Crippen LogP contribution in [0.15, 0.2) is 29.6 Å². The summed E-state index contributed by atoms with van der Waals surface area (Å²) in [6, 6.07) is 8.03. The molecule has 1 fully saturated rings. The van der Waals surface area contributed by atoms with Gasteiger partial charge in [0.2, 0.25) is 11.8 Å². The number of aromatic hydroxyl groups is 2. The smallest absolute Gasteiger partial charge is 0.205 e. The van der Waals surface area contributed by atoms with Crippen LogP contribution in [0.5, 0.6) is 11.8 Å². The van der Waals surface area contributed by atoms with Gasteiger partial charge < -0.3 is 14.9 Å². The van der Waals surface area contributed by atoms with Gasteiger partial charge in [0.1, 0.15) is 0 Å². The van der Waals surface area contributed by atoms with Crippen LogP contribution in [0.2, 0.25) is 0 Å². The number of hydrogen-bond acceptors (Lipinski definition) is 4. The quantitative estimate of drug-likeness (QED) is 0.698. The van der Waals surface area contributed by atoms with Crippen LogP contribution in [-0.4, -0.2) is 14.8 Å². The first kappa shape index (κ1) is 13.5. The SMILES string of the molecule is C[C@]12CC[C@](C)(O1)c1c2c(O)n(-c2csc3ccccc23)c1O. The zero-order chi connectivity index (χ0) is 16.0. The number of nitrogens with zero attached hydrogens (tertiary/aromatic N) is 1. The molecule has 5 rings (SSSR count). The zero-order valence-corrected chi connectivity index (χ0v) is 13.8. The Morgan fingerprint density at radius 3 is 2.30 bits per heavy atom. The molecular weight excluding hydrogens is 310 g/mol. The first-order valence-corrected chi connectivity index (χ1v) is 8.67. The first-order valence-electron chi connectivity index (χ1n) is 7.79. The van der Waals surface area contributed by atoms with E-state index in [1.165, 1.54) is 0 Å². The average molecular weight is 327 g/mol. The van der Waals surface area contributed by atoms with Gasteiger partial charge >= 0.3 is 0 Å². The van der Waals surface area contributed by atoms with Gasteiger partial charge in [-0.05, 0) is 32.8 Å². The second-order valence-corrected chi connectivity index (χ2v) is 7.82. The van der Waals surface area contributed by atoms with Gasteiger partial charge in [-0.3, -0.25) is 0 Å². The largest absolute Gasteiger partial charge is 0.494 e. The van der Waals surface area contributed by atoms with Gasteiger partial charge in [-0.1, -0.05) is 18.2 Å². The van der Waals surface area contributed by atoms with E-state index in [0.717, 1.165) is 39.7 Å². The molecule has 5 heteroatoms.